The molecule has 0 radical (unpaired) electrons. The van der Waals surface area contributed by atoms with Gasteiger partial charge in [0.1, 0.15) is 5.75 Å². The normalized spacial score (nSPS) is 12.3. The van der Waals surface area contributed by atoms with E-state index < -0.39 is 0 Å². The maximum atomic E-state index is 10.2. The molecule has 0 heterocycles. The Balaban J connectivity index is 2.22. The maximum absolute atomic E-state index is 10.2. The van der Waals surface area contributed by atoms with Crippen molar-refractivity contribution in [1.29, 1.82) is 0 Å². The summed E-state index contributed by atoms with van der Waals surface area (Å²) in [4.78, 5) is 0. The molecule has 0 aliphatic carbocycles. The smallest absolute Gasteiger partial charge is 0.119 e. The number of unbranched alkanes of at least 4 members (excludes halogenated alkanes) is 6. The van der Waals surface area contributed by atoms with Crippen LogP contribution in [0.4, 0.5) is 0 Å². The average molecular weight is 292 g/mol. The Morgan fingerprint density at radius 2 is 1.48 bits per heavy atom. The molecule has 0 amide bonds. The van der Waals surface area contributed by atoms with Gasteiger partial charge in [-0.15, -0.1) is 0 Å². The molecule has 0 bridgehead atoms. The van der Waals surface area contributed by atoms with E-state index in [-0.39, 0.29) is 6.10 Å². The van der Waals surface area contributed by atoms with Crippen molar-refractivity contribution in [3.05, 3.63) is 29.8 Å². The van der Waals surface area contributed by atoms with Gasteiger partial charge in [0.15, 0.2) is 0 Å². The molecular formula is C19H32O2. The maximum Gasteiger partial charge on any atom is 0.119 e. The van der Waals surface area contributed by atoms with Crippen LogP contribution in [0.1, 0.15) is 83.3 Å². The summed E-state index contributed by atoms with van der Waals surface area (Å²) >= 11 is 0. The van der Waals surface area contributed by atoms with Crippen LogP contribution in [-0.4, -0.2) is 11.7 Å². The van der Waals surface area contributed by atoms with Crippen molar-refractivity contribution >= 4 is 0 Å². The molecule has 1 N–H and O–H groups in total. The highest BCUT2D eigenvalue weighted by atomic mass is 16.5. The molecule has 0 aromatic heterocycles. The number of rotatable bonds is 12. The van der Waals surface area contributed by atoms with E-state index in [9.17, 15) is 5.11 Å². The SMILES string of the molecule is CCCCCCCCC(O)c1ccc(OCCCC)cc1. The second-order valence-corrected chi connectivity index (χ2v) is 5.84. The van der Waals surface area contributed by atoms with Crippen molar-refractivity contribution in [3.63, 3.8) is 0 Å². The number of ether oxygens (including phenoxy) is 1. The monoisotopic (exact) mass is 292 g/mol. The van der Waals surface area contributed by atoms with Gasteiger partial charge in [0.05, 0.1) is 12.7 Å². The van der Waals surface area contributed by atoms with E-state index in [1.165, 1.54) is 32.1 Å². The zero-order chi connectivity index (χ0) is 15.3. The Bertz CT molecular complexity index is 345. The lowest BCUT2D eigenvalue weighted by molar-refractivity contribution is 0.163. The first-order chi connectivity index (χ1) is 10.3. The summed E-state index contributed by atoms with van der Waals surface area (Å²) in [6.07, 6.45) is 10.4. The highest BCUT2D eigenvalue weighted by Crippen LogP contribution is 2.22. The van der Waals surface area contributed by atoms with E-state index in [1.54, 1.807) is 0 Å². The van der Waals surface area contributed by atoms with Gasteiger partial charge in [0.25, 0.3) is 0 Å². The van der Waals surface area contributed by atoms with Crippen molar-refractivity contribution in [2.24, 2.45) is 0 Å². The number of benzene rings is 1. The summed E-state index contributed by atoms with van der Waals surface area (Å²) in [5, 5.41) is 10.2. The van der Waals surface area contributed by atoms with Crippen LogP contribution in [0.3, 0.4) is 0 Å². The Morgan fingerprint density at radius 3 is 2.14 bits per heavy atom. The number of aliphatic hydroxyl groups is 1. The minimum Gasteiger partial charge on any atom is -0.494 e. The minimum atomic E-state index is -0.333. The van der Waals surface area contributed by atoms with E-state index in [0.717, 1.165) is 43.6 Å². The third-order valence-corrected chi connectivity index (χ3v) is 3.86. The van der Waals surface area contributed by atoms with Gasteiger partial charge in [-0.3, -0.25) is 0 Å². The molecule has 1 unspecified atom stereocenters. The second kappa shape index (κ2) is 11.6. The Kier molecular flexibility index (Phi) is 9.98. The quantitative estimate of drug-likeness (QED) is 0.504. The van der Waals surface area contributed by atoms with E-state index >= 15 is 0 Å². The van der Waals surface area contributed by atoms with Gasteiger partial charge in [-0.05, 0) is 30.5 Å². The van der Waals surface area contributed by atoms with Gasteiger partial charge in [0, 0.05) is 0 Å². The summed E-state index contributed by atoms with van der Waals surface area (Å²) in [6.45, 7) is 5.17. The van der Waals surface area contributed by atoms with Crippen molar-refractivity contribution < 1.29 is 9.84 Å². The van der Waals surface area contributed by atoms with Crippen LogP contribution in [0.15, 0.2) is 24.3 Å². The van der Waals surface area contributed by atoms with Crippen molar-refractivity contribution in [1.82, 2.24) is 0 Å². The first-order valence-corrected chi connectivity index (χ1v) is 8.68. The number of hydrogen-bond donors (Lipinski definition) is 1. The number of aliphatic hydroxyl groups excluding tert-OH is 1. The van der Waals surface area contributed by atoms with Crippen LogP contribution >= 0.6 is 0 Å². The van der Waals surface area contributed by atoms with Gasteiger partial charge in [-0.2, -0.15) is 0 Å². The second-order valence-electron chi connectivity index (χ2n) is 5.84. The lowest BCUT2D eigenvalue weighted by Crippen LogP contribution is -1.99. The highest BCUT2D eigenvalue weighted by molar-refractivity contribution is 5.28. The van der Waals surface area contributed by atoms with Crippen LogP contribution in [-0.2, 0) is 0 Å². The van der Waals surface area contributed by atoms with Crippen LogP contribution in [0, 0.1) is 0 Å². The topological polar surface area (TPSA) is 29.5 Å². The summed E-state index contributed by atoms with van der Waals surface area (Å²) in [6, 6.07) is 7.91. The van der Waals surface area contributed by atoms with Crippen LogP contribution in [0.25, 0.3) is 0 Å². The summed E-state index contributed by atoms with van der Waals surface area (Å²) in [5.41, 5.74) is 1.01. The minimum absolute atomic E-state index is 0.333. The number of hydrogen-bond acceptors (Lipinski definition) is 2. The van der Waals surface area contributed by atoms with E-state index in [4.69, 9.17) is 4.74 Å². The third kappa shape index (κ3) is 8.11. The van der Waals surface area contributed by atoms with Crippen LogP contribution < -0.4 is 4.74 Å². The summed E-state index contributed by atoms with van der Waals surface area (Å²) < 4.78 is 5.64. The lowest BCUT2D eigenvalue weighted by Gasteiger charge is -2.12. The van der Waals surface area contributed by atoms with Crippen molar-refractivity contribution in [2.45, 2.75) is 77.7 Å². The molecule has 1 aromatic rings. The standard InChI is InChI=1S/C19H32O2/c1-3-5-7-8-9-10-11-19(20)17-12-14-18(15-13-17)21-16-6-4-2/h12-15,19-20H,3-11,16H2,1-2H3. The molecule has 0 fully saturated rings. The highest BCUT2D eigenvalue weighted by Gasteiger charge is 2.07. The van der Waals surface area contributed by atoms with Crippen LogP contribution in [0.5, 0.6) is 5.75 Å². The molecule has 1 rings (SSSR count). The fourth-order valence-corrected chi connectivity index (χ4v) is 2.41. The average Bonchev–Trinajstić information content (AvgIpc) is 2.51. The predicted molar refractivity (Wildman–Crippen MR) is 89.8 cm³/mol. The molecule has 1 atom stereocenters. The van der Waals surface area contributed by atoms with Crippen LogP contribution in [0.2, 0.25) is 0 Å². The molecule has 0 spiro atoms. The van der Waals surface area contributed by atoms with E-state index in [1.807, 2.05) is 24.3 Å². The summed E-state index contributed by atoms with van der Waals surface area (Å²) in [7, 11) is 0. The fourth-order valence-electron chi connectivity index (χ4n) is 2.41. The largest absolute Gasteiger partial charge is 0.494 e. The molecule has 1 aromatic carbocycles. The molecule has 0 aliphatic heterocycles. The predicted octanol–water partition coefficient (Wildman–Crippen LogP) is 5.65. The third-order valence-electron chi connectivity index (χ3n) is 3.86. The van der Waals surface area contributed by atoms with E-state index in [0.29, 0.717) is 0 Å². The lowest BCUT2D eigenvalue weighted by atomic mass is 10.0. The Labute approximate surface area is 130 Å². The molecule has 0 saturated heterocycles. The van der Waals surface area contributed by atoms with E-state index in [2.05, 4.69) is 13.8 Å². The molecule has 2 nitrogen and oxygen atoms in total. The molecule has 120 valence electrons. The molecule has 21 heavy (non-hydrogen) atoms. The zero-order valence-electron chi connectivity index (χ0n) is 13.8. The first kappa shape index (κ1) is 18.0. The van der Waals surface area contributed by atoms with Gasteiger partial charge in [-0.1, -0.05) is 70.9 Å². The molecule has 0 saturated carbocycles. The molecule has 0 aliphatic rings. The molecular weight excluding hydrogens is 260 g/mol. The van der Waals surface area contributed by atoms with Crippen molar-refractivity contribution in [2.75, 3.05) is 6.61 Å². The van der Waals surface area contributed by atoms with Gasteiger partial charge in [0.2, 0.25) is 0 Å². The summed E-state index contributed by atoms with van der Waals surface area (Å²) in [5.74, 6) is 0.902. The van der Waals surface area contributed by atoms with Gasteiger partial charge in [-0.25, -0.2) is 0 Å². The first-order valence-electron chi connectivity index (χ1n) is 8.68. The van der Waals surface area contributed by atoms with Gasteiger partial charge < -0.3 is 9.84 Å². The molecule has 2 heteroatoms. The Morgan fingerprint density at radius 1 is 0.857 bits per heavy atom. The van der Waals surface area contributed by atoms with Crippen molar-refractivity contribution in [3.8, 4) is 5.75 Å². The zero-order valence-corrected chi connectivity index (χ0v) is 13.8. The van der Waals surface area contributed by atoms with Gasteiger partial charge >= 0.3 is 0 Å². The fraction of sp³-hybridized carbons (Fsp3) is 0.684. The Hall–Kier alpha value is -1.02.